The monoisotopic (exact) mass is 378 g/mol. The smallest absolute Gasteiger partial charge is 0.330 e. The summed E-state index contributed by atoms with van der Waals surface area (Å²) in [4.78, 5) is 11.8. The number of allylic oxidation sites excluding steroid dienone is 2. The van der Waals surface area contributed by atoms with Gasteiger partial charge in [0.15, 0.2) is 0 Å². The Balaban J connectivity index is 4.41. The number of ether oxygens (including phenoxy) is 1. The van der Waals surface area contributed by atoms with Crippen LogP contribution >= 0.6 is 0 Å². The van der Waals surface area contributed by atoms with E-state index in [0.717, 1.165) is 25.7 Å². The van der Waals surface area contributed by atoms with E-state index in [0.29, 0.717) is 5.92 Å². The van der Waals surface area contributed by atoms with Gasteiger partial charge in [0, 0.05) is 6.08 Å². The van der Waals surface area contributed by atoms with Gasteiger partial charge in [0.25, 0.3) is 0 Å². The maximum Gasteiger partial charge on any atom is 0.330 e. The van der Waals surface area contributed by atoms with Crippen LogP contribution in [0.4, 0.5) is 0 Å². The van der Waals surface area contributed by atoms with Crippen molar-refractivity contribution in [2.75, 3.05) is 0 Å². The summed E-state index contributed by atoms with van der Waals surface area (Å²) in [5, 5.41) is 0. The van der Waals surface area contributed by atoms with E-state index in [2.05, 4.69) is 39.5 Å². The fraction of sp³-hybridized carbons (Fsp3) is 0.800. The standard InChI is InChI=1S/C25H46O2/c1-5-9-11-13-15-17-19-22-24(27-25(26)8-4)23(20-7-3)21-18-16-14-12-10-6-2/h8,10,12,23-24H,4-7,9,11,13-22H2,1-3H3/b12-10+. The summed E-state index contributed by atoms with van der Waals surface area (Å²) in [6, 6.07) is 0. The predicted octanol–water partition coefficient (Wildman–Crippen LogP) is 8.17. The molecule has 2 nitrogen and oxygen atoms in total. The molecule has 0 rings (SSSR count). The highest BCUT2D eigenvalue weighted by molar-refractivity contribution is 5.81. The molecule has 0 aromatic heterocycles. The molecule has 27 heavy (non-hydrogen) atoms. The van der Waals surface area contributed by atoms with Gasteiger partial charge in [-0.1, -0.05) is 90.9 Å². The van der Waals surface area contributed by atoms with Gasteiger partial charge in [-0.25, -0.2) is 4.79 Å². The number of carbonyl (C=O) groups excluding carboxylic acids is 1. The Morgan fingerprint density at radius 2 is 1.48 bits per heavy atom. The van der Waals surface area contributed by atoms with Crippen molar-refractivity contribution in [3.05, 3.63) is 24.8 Å². The Morgan fingerprint density at radius 3 is 2.11 bits per heavy atom. The molecule has 2 atom stereocenters. The van der Waals surface area contributed by atoms with Crippen LogP contribution in [0.1, 0.15) is 117 Å². The molecule has 158 valence electrons. The lowest BCUT2D eigenvalue weighted by atomic mass is 9.88. The van der Waals surface area contributed by atoms with E-state index in [-0.39, 0.29) is 12.1 Å². The van der Waals surface area contributed by atoms with E-state index in [4.69, 9.17) is 4.74 Å². The summed E-state index contributed by atoms with van der Waals surface area (Å²) < 4.78 is 5.78. The molecule has 0 aromatic carbocycles. The molecule has 0 aliphatic heterocycles. The van der Waals surface area contributed by atoms with E-state index in [1.807, 2.05) is 0 Å². The van der Waals surface area contributed by atoms with Gasteiger partial charge in [-0.15, -0.1) is 0 Å². The van der Waals surface area contributed by atoms with Crippen molar-refractivity contribution in [2.45, 2.75) is 123 Å². The fourth-order valence-corrected chi connectivity index (χ4v) is 3.73. The van der Waals surface area contributed by atoms with Gasteiger partial charge >= 0.3 is 5.97 Å². The summed E-state index contributed by atoms with van der Waals surface area (Å²) in [5.74, 6) is 0.240. The zero-order valence-electron chi connectivity index (χ0n) is 18.5. The van der Waals surface area contributed by atoms with Crippen LogP contribution in [0, 0.1) is 5.92 Å². The largest absolute Gasteiger partial charge is 0.459 e. The van der Waals surface area contributed by atoms with Gasteiger partial charge in [-0.05, 0) is 50.9 Å². The highest BCUT2D eigenvalue weighted by Gasteiger charge is 2.23. The van der Waals surface area contributed by atoms with E-state index in [1.165, 1.54) is 76.7 Å². The minimum atomic E-state index is -0.255. The van der Waals surface area contributed by atoms with Crippen LogP contribution in [0.25, 0.3) is 0 Å². The third kappa shape index (κ3) is 15.7. The number of carbonyl (C=O) groups is 1. The SMILES string of the molecule is C=CC(=O)OC(CCCCCCCCC)C(CCC)CCCC/C=C/CC. The summed E-state index contributed by atoms with van der Waals surface area (Å²) in [7, 11) is 0. The third-order valence-corrected chi connectivity index (χ3v) is 5.31. The molecule has 0 spiro atoms. The molecule has 0 amide bonds. The number of hydrogen-bond acceptors (Lipinski definition) is 2. The predicted molar refractivity (Wildman–Crippen MR) is 119 cm³/mol. The number of esters is 1. The quantitative estimate of drug-likeness (QED) is 0.0980. The Kier molecular flexibility index (Phi) is 18.9. The van der Waals surface area contributed by atoms with Crippen LogP contribution in [0.15, 0.2) is 24.8 Å². The first-order valence-corrected chi connectivity index (χ1v) is 11.7. The Morgan fingerprint density at radius 1 is 0.815 bits per heavy atom. The normalized spacial score (nSPS) is 13.6. The summed E-state index contributed by atoms with van der Waals surface area (Å²) >= 11 is 0. The molecule has 2 heteroatoms. The topological polar surface area (TPSA) is 26.3 Å². The van der Waals surface area contributed by atoms with Crippen molar-refractivity contribution in [1.82, 2.24) is 0 Å². The Labute approximate surface area is 169 Å². The molecular weight excluding hydrogens is 332 g/mol. The molecular formula is C25H46O2. The molecule has 0 aliphatic rings. The average Bonchev–Trinajstić information content (AvgIpc) is 2.68. The molecule has 0 aliphatic carbocycles. The minimum absolute atomic E-state index is 0.0669. The van der Waals surface area contributed by atoms with Crippen molar-refractivity contribution < 1.29 is 9.53 Å². The van der Waals surface area contributed by atoms with Crippen LogP contribution < -0.4 is 0 Å². The fourth-order valence-electron chi connectivity index (χ4n) is 3.73. The van der Waals surface area contributed by atoms with E-state index in [1.54, 1.807) is 0 Å². The third-order valence-electron chi connectivity index (χ3n) is 5.31. The summed E-state index contributed by atoms with van der Waals surface area (Å²) in [6.07, 6.45) is 24.2. The molecule has 0 fully saturated rings. The lowest BCUT2D eigenvalue weighted by Crippen LogP contribution is -2.26. The average molecular weight is 379 g/mol. The van der Waals surface area contributed by atoms with Crippen molar-refractivity contribution in [2.24, 2.45) is 5.92 Å². The van der Waals surface area contributed by atoms with Gasteiger partial charge in [-0.3, -0.25) is 0 Å². The van der Waals surface area contributed by atoms with E-state index < -0.39 is 0 Å². The number of hydrogen-bond donors (Lipinski definition) is 0. The Bertz CT molecular complexity index is 373. The molecule has 0 N–H and O–H groups in total. The first-order chi connectivity index (χ1) is 13.2. The van der Waals surface area contributed by atoms with Gasteiger partial charge in [-0.2, -0.15) is 0 Å². The van der Waals surface area contributed by atoms with Crippen LogP contribution in [-0.2, 0) is 9.53 Å². The van der Waals surface area contributed by atoms with Gasteiger partial charge in [0.2, 0.25) is 0 Å². The van der Waals surface area contributed by atoms with Crippen LogP contribution in [0.2, 0.25) is 0 Å². The van der Waals surface area contributed by atoms with Gasteiger partial charge < -0.3 is 4.74 Å². The molecule has 2 unspecified atom stereocenters. The summed E-state index contributed by atoms with van der Waals surface area (Å²) in [5.41, 5.74) is 0. The number of unbranched alkanes of at least 4 members (excludes halogenated alkanes) is 8. The van der Waals surface area contributed by atoms with Crippen molar-refractivity contribution in [1.29, 1.82) is 0 Å². The summed E-state index contributed by atoms with van der Waals surface area (Å²) in [6.45, 7) is 10.2. The van der Waals surface area contributed by atoms with Crippen molar-refractivity contribution in [3.63, 3.8) is 0 Å². The molecule has 0 saturated heterocycles. The van der Waals surface area contributed by atoms with Crippen molar-refractivity contribution >= 4 is 5.97 Å². The highest BCUT2D eigenvalue weighted by atomic mass is 16.5. The molecule has 0 bridgehead atoms. The minimum Gasteiger partial charge on any atom is -0.459 e. The number of rotatable bonds is 19. The maximum atomic E-state index is 11.8. The highest BCUT2D eigenvalue weighted by Crippen LogP contribution is 2.26. The van der Waals surface area contributed by atoms with Crippen LogP contribution in [0.5, 0.6) is 0 Å². The molecule has 0 aromatic rings. The van der Waals surface area contributed by atoms with Gasteiger partial charge in [0.1, 0.15) is 6.10 Å². The second-order valence-electron chi connectivity index (χ2n) is 7.80. The molecule has 0 radical (unpaired) electrons. The van der Waals surface area contributed by atoms with Crippen LogP contribution in [0.3, 0.4) is 0 Å². The lowest BCUT2D eigenvalue weighted by Gasteiger charge is -2.27. The molecule has 0 heterocycles. The second-order valence-corrected chi connectivity index (χ2v) is 7.80. The lowest BCUT2D eigenvalue weighted by molar-refractivity contribution is -0.146. The maximum absolute atomic E-state index is 11.8. The zero-order valence-corrected chi connectivity index (χ0v) is 18.5. The second kappa shape index (κ2) is 19.7. The first kappa shape index (κ1) is 26.0. The zero-order chi connectivity index (χ0) is 20.2. The van der Waals surface area contributed by atoms with E-state index >= 15 is 0 Å². The van der Waals surface area contributed by atoms with E-state index in [9.17, 15) is 4.79 Å². The van der Waals surface area contributed by atoms with Crippen LogP contribution in [-0.4, -0.2) is 12.1 Å². The van der Waals surface area contributed by atoms with Crippen molar-refractivity contribution in [3.8, 4) is 0 Å². The first-order valence-electron chi connectivity index (χ1n) is 11.7. The Hall–Kier alpha value is -1.05. The van der Waals surface area contributed by atoms with Gasteiger partial charge in [0.05, 0.1) is 0 Å². The molecule has 0 saturated carbocycles.